The molecule has 5 nitrogen and oxygen atoms in total. The molecule has 1 atom stereocenters. The minimum Gasteiger partial charge on any atom is -0.483 e. The van der Waals surface area contributed by atoms with Gasteiger partial charge in [0.15, 0.2) is 6.61 Å². The summed E-state index contributed by atoms with van der Waals surface area (Å²) in [6.07, 6.45) is 0. The van der Waals surface area contributed by atoms with Gasteiger partial charge in [0.1, 0.15) is 11.8 Å². The number of hydrogen-bond acceptors (Lipinski definition) is 3. The molecule has 32 heavy (non-hydrogen) atoms. The summed E-state index contributed by atoms with van der Waals surface area (Å²) in [6, 6.07) is 12.4. The highest BCUT2D eigenvalue weighted by Gasteiger charge is 2.27. The van der Waals surface area contributed by atoms with Crippen molar-refractivity contribution in [2.75, 3.05) is 6.61 Å². The van der Waals surface area contributed by atoms with E-state index >= 15 is 0 Å². The van der Waals surface area contributed by atoms with E-state index in [1.165, 1.54) is 4.90 Å². The zero-order chi connectivity index (χ0) is 24.1. The number of benzene rings is 2. The third-order valence-corrected chi connectivity index (χ3v) is 5.84. The Kier molecular flexibility index (Phi) is 9.17. The second-order valence-electron chi connectivity index (χ2n) is 9.17. The van der Waals surface area contributed by atoms with E-state index in [-0.39, 0.29) is 36.4 Å². The monoisotopic (exact) mass is 522 g/mol. The Balaban J connectivity index is 2.19. The molecule has 0 heterocycles. The van der Waals surface area contributed by atoms with E-state index in [1.54, 1.807) is 19.1 Å². The molecule has 0 aromatic heterocycles. The number of hydrogen-bond donors (Lipinski definition) is 1. The highest BCUT2D eigenvalue weighted by Crippen LogP contribution is 2.31. The van der Waals surface area contributed by atoms with Crippen molar-refractivity contribution >= 4 is 39.3 Å². The molecule has 174 valence electrons. The third-order valence-electron chi connectivity index (χ3n) is 4.99. The fraction of sp³-hybridized carbons (Fsp3) is 0.440. The Morgan fingerprint density at radius 3 is 2.38 bits per heavy atom. The van der Waals surface area contributed by atoms with Crippen LogP contribution in [0.3, 0.4) is 0 Å². The topological polar surface area (TPSA) is 58.6 Å². The first kappa shape index (κ1) is 26.2. The van der Waals surface area contributed by atoms with Gasteiger partial charge in [-0.25, -0.2) is 0 Å². The van der Waals surface area contributed by atoms with E-state index < -0.39 is 6.04 Å². The summed E-state index contributed by atoms with van der Waals surface area (Å²) in [5, 5.41) is 3.45. The summed E-state index contributed by atoms with van der Waals surface area (Å²) in [7, 11) is 0. The van der Waals surface area contributed by atoms with E-state index in [4.69, 9.17) is 16.3 Å². The smallest absolute Gasteiger partial charge is 0.261 e. The zero-order valence-corrected chi connectivity index (χ0v) is 21.9. The lowest BCUT2D eigenvalue weighted by atomic mass is 9.87. The summed E-state index contributed by atoms with van der Waals surface area (Å²) in [6.45, 7) is 12.0. The average Bonchev–Trinajstić information content (AvgIpc) is 2.69. The number of halogens is 2. The van der Waals surface area contributed by atoms with Gasteiger partial charge in [-0.1, -0.05) is 50.6 Å². The van der Waals surface area contributed by atoms with Gasteiger partial charge in [-0.3, -0.25) is 9.59 Å². The molecule has 0 aliphatic carbocycles. The third kappa shape index (κ3) is 7.52. The summed E-state index contributed by atoms with van der Waals surface area (Å²) in [5.74, 6) is 0.0719. The molecule has 7 heteroatoms. The quantitative estimate of drug-likeness (QED) is 0.481. The van der Waals surface area contributed by atoms with Crippen molar-refractivity contribution in [2.45, 2.75) is 65.6 Å². The lowest BCUT2D eigenvalue weighted by Crippen LogP contribution is -2.50. The van der Waals surface area contributed by atoms with Crippen LogP contribution in [0.4, 0.5) is 0 Å². The molecule has 1 N–H and O–H groups in total. The summed E-state index contributed by atoms with van der Waals surface area (Å²) in [4.78, 5) is 27.3. The maximum Gasteiger partial charge on any atom is 0.261 e. The molecule has 2 rings (SSSR count). The van der Waals surface area contributed by atoms with Crippen molar-refractivity contribution in [3.8, 4) is 5.75 Å². The number of amides is 2. The first-order valence-electron chi connectivity index (χ1n) is 10.7. The zero-order valence-electron chi connectivity index (χ0n) is 19.5. The van der Waals surface area contributed by atoms with Crippen LogP contribution in [0.2, 0.25) is 5.02 Å². The van der Waals surface area contributed by atoms with Crippen LogP contribution in [0.25, 0.3) is 0 Å². The standard InChI is InChI=1S/C25H32BrClN2O3/c1-16(2)28-24(31)17(3)29(14-18-8-7-9-20(27)12-18)23(30)15-32-22-11-10-19(13-21(22)26)25(4,5)6/h7-13,16-17H,14-15H2,1-6H3,(H,28,31)/t17-/m1/s1. The van der Waals surface area contributed by atoms with Crippen molar-refractivity contribution in [3.63, 3.8) is 0 Å². The van der Waals surface area contributed by atoms with Crippen LogP contribution >= 0.6 is 27.5 Å². The lowest BCUT2D eigenvalue weighted by molar-refractivity contribution is -0.142. The van der Waals surface area contributed by atoms with E-state index in [2.05, 4.69) is 42.0 Å². The van der Waals surface area contributed by atoms with Crippen LogP contribution in [0, 0.1) is 0 Å². The molecule has 2 amide bonds. The lowest BCUT2D eigenvalue weighted by Gasteiger charge is -2.29. The number of ether oxygens (including phenoxy) is 1. The average molecular weight is 524 g/mol. The fourth-order valence-electron chi connectivity index (χ4n) is 3.13. The Morgan fingerprint density at radius 2 is 1.81 bits per heavy atom. The SMILES string of the molecule is CC(C)NC(=O)[C@@H](C)N(Cc1cccc(Cl)c1)C(=O)COc1ccc(C(C)(C)C)cc1Br. The van der Waals surface area contributed by atoms with E-state index in [0.29, 0.717) is 10.8 Å². The second-order valence-corrected chi connectivity index (χ2v) is 10.5. The normalized spacial score (nSPS) is 12.4. The van der Waals surface area contributed by atoms with Crippen molar-refractivity contribution in [2.24, 2.45) is 0 Å². The van der Waals surface area contributed by atoms with Gasteiger partial charge < -0.3 is 15.0 Å². The van der Waals surface area contributed by atoms with E-state index in [9.17, 15) is 9.59 Å². The van der Waals surface area contributed by atoms with Crippen molar-refractivity contribution in [1.82, 2.24) is 10.2 Å². The summed E-state index contributed by atoms with van der Waals surface area (Å²) in [5.41, 5.74) is 2.00. The minimum absolute atomic E-state index is 0.00380. The first-order valence-corrected chi connectivity index (χ1v) is 11.8. The number of carbonyl (C=O) groups is 2. The molecular weight excluding hydrogens is 492 g/mol. The highest BCUT2D eigenvalue weighted by molar-refractivity contribution is 9.10. The fourth-order valence-corrected chi connectivity index (χ4v) is 3.83. The van der Waals surface area contributed by atoms with Crippen LogP contribution in [0.15, 0.2) is 46.9 Å². The molecule has 0 bridgehead atoms. The van der Waals surface area contributed by atoms with Crippen LogP contribution in [-0.4, -0.2) is 35.4 Å². The number of nitrogens with zero attached hydrogens (tertiary/aromatic N) is 1. The molecule has 2 aromatic carbocycles. The molecule has 0 aliphatic rings. The van der Waals surface area contributed by atoms with Crippen molar-refractivity contribution in [3.05, 3.63) is 63.1 Å². The molecule has 0 aliphatic heterocycles. The largest absolute Gasteiger partial charge is 0.483 e. The Labute approximate surface area is 204 Å². The Morgan fingerprint density at radius 1 is 1.12 bits per heavy atom. The molecule has 2 aromatic rings. The van der Waals surface area contributed by atoms with E-state index in [0.717, 1.165) is 15.6 Å². The summed E-state index contributed by atoms with van der Waals surface area (Å²) >= 11 is 9.65. The van der Waals surface area contributed by atoms with Crippen molar-refractivity contribution < 1.29 is 14.3 Å². The highest BCUT2D eigenvalue weighted by atomic mass is 79.9. The van der Waals surface area contributed by atoms with Gasteiger partial charge in [0.05, 0.1) is 4.47 Å². The van der Waals surface area contributed by atoms with Gasteiger partial charge in [0.25, 0.3) is 5.91 Å². The Hall–Kier alpha value is -2.05. The first-order chi connectivity index (χ1) is 14.9. The van der Waals surface area contributed by atoms with Gasteiger partial charge in [0, 0.05) is 17.6 Å². The second kappa shape index (κ2) is 11.2. The molecule has 0 radical (unpaired) electrons. The van der Waals surface area contributed by atoms with Gasteiger partial charge in [-0.2, -0.15) is 0 Å². The predicted molar refractivity (Wildman–Crippen MR) is 133 cm³/mol. The van der Waals surface area contributed by atoms with E-state index in [1.807, 2.05) is 44.2 Å². The van der Waals surface area contributed by atoms with Crippen LogP contribution in [0.5, 0.6) is 5.75 Å². The number of nitrogens with one attached hydrogen (secondary N) is 1. The van der Waals surface area contributed by atoms with Crippen LogP contribution in [-0.2, 0) is 21.5 Å². The molecule has 0 fully saturated rings. The molecule has 0 spiro atoms. The van der Waals surface area contributed by atoms with Gasteiger partial charge in [-0.05, 0) is 77.5 Å². The molecule has 0 saturated heterocycles. The van der Waals surface area contributed by atoms with Gasteiger partial charge >= 0.3 is 0 Å². The van der Waals surface area contributed by atoms with Crippen LogP contribution < -0.4 is 10.1 Å². The van der Waals surface area contributed by atoms with Crippen LogP contribution in [0.1, 0.15) is 52.7 Å². The number of carbonyl (C=O) groups excluding carboxylic acids is 2. The minimum atomic E-state index is -0.667. The molecular formula is C25H32BrClN2O3. The molecule has 0 unspecified atom stereocenters. The van der Waals surface area contributed by atoms with Gasteiger partial charge in [0.2, 0.25) is 5.91 Å². The summed E-state index contributed by atoms with van der Waals surface area (Å²) < 4.78 is 6.61. The van der Waals surface area contributed by atoms with Crippen molar-refractivity contribution in [1.29, 1.82) is 0 Å². The maximum absolute atomic E-state index is 13.1. The molecule has 0 saturated carbocycles. The maximum atomic E-state index is 13.1. The predicted octanol–water partition coefficient (Wildman–Crippen LogP) is 5.72. The Bertz CT molecular complexity index is 956. The number of rotatable bonds is 8. The van der Waals surface area contributed by atoms with Gasteiger partial charge in [-0.15, -0.1) is 0 Å².